The second-order valence-electron chi connectivity index (χ2n) is 3.84. The van der Waals surface area contributed by atoms with Crippen molar-refractivity contribution in [2.75, 3.05) is 24.7 Å². The lowest BCUT2D eigenvalue weighted by atomic mass is 10.0. The number of hydrogen-bond acceptors (Lipinski definition) is 4. The topological polar surface area (TPSA) is 71.4 Å². The Morgan fingerprint density at radius 3 is 2.82 bits per heavy atom. The summed E-state index contributed by atoms with van der Waals surface area (Å²) in [7, 11) is 1.83. The number of rotatable bonds is 4. The molecule has 0 aliphatic rings. The van der Waals surface area contributed by atoms with E-state index < -0.39 is 0 Å². The highest BCUT2D eigenvalue weighted by Gasteiger charge is 2.10. The number of nitrogens with two attached hydrogens (primary N) is 1. The molecule has 4 N–H and O–H groups in total. The monoisotopic (exact) mass is 232 g/mol. The number of hydrogen-bond donors (Lipinski definition) is 3. The lowest BCUT2D eigenvalue weighted by Gasteiger charge is -2.12. The van der Waals surface area contributed by atoms with Crippen molar-refractivity contribution in [3.05, 3.63) is 36.3 Å². The van der Waals surface area contributed by atoms with E-state index in [1.165, 1.54) is 0 Å². The molecule has 0 radical (unpaired) electrons. The van der Waals surface area contributed by atoms with Gasteiger partial charge in [-0.05, 0) is 30.2 Å². The van der Waals surface area contributed by atoms with E-state index in [4.69, 9.17) is 15.3 Å². The van der Waals surface area contributed by atoms with E-state index in [1.54, 1.807) is 12.5 Å². The smallest absolute Gasteiger partial charge is 0.0981 e. The highest BCUT2D eigenvalue weighted by molar-refractivity contribution is 5.85. The van der Waals surface area contributed by atoms with Crippen molar-refractivity contribution in [1.82, 2.24) is 0 Å². The van der Waals surface area contributed by atoms with Gasteiger partial charge in [0, 0.05) is 24.8 Å². The Morgan fingerprint density at radius 2 is 2.24 bits per heavy atom. The third-order valence-electron chi connectivity index (χ3n) is 2.74. The van der Waals surface area contributed by atoms with E-state index in [2.05, 4.69) is 5.32 Å². The Bertz CT molecular complexity index is 492. The fourth-order valence-electron chi connectivity index (χ4n) is 1.85. The van der Waals surface area contributed by atoms with Crippen LogP contribution < -0.4 is 11.1 Å². The second-order valence-corrected chi connectivity index (χ2v) is 3.84. The van der Waals surface area contributed by atoms with E-state index in [9.17, 15) is 0 Å². The molecule has 4 nitrogen and oxygen atoms in total. The molecular weight excluding hydrogens is 216 g/mol. The fourth-order valence-corrected chi connectivity index (χ4v) is 1.85. The standard InChI is InChI=1S/C13H16N2O2/c1-15-12-7-9(2-4-16)6-11(13(12)14)10-3-5-17-8-10/h3,5-8,15-16H,2,4,14H2,1H3. The number of nitrogens with one attached hydrogen (secondary N) is 1. The van der Waals surface area contributed by atoms with Crippen molar-refractivity contribution < 1.29 is 9.52 Å². The molecule has 0 atom stereocenters. The Balaban J connectivity index is 2.53. The van der Waals surface area contributed by atoms with Crippen molar-refractivity contribution in [2.45, 2.75) is 6.42 Å². The quantitative estimate of drug-likeness (QED) is 0.706. The first-order valence-electron chi connectivity index (χ1n) is 5.50. The SMILES string of the molecule is CNc1cc(CCO)cc(-c2ccoc2)c1N. The third kappa shape index (κ3) is 2.26. The minimum absolute atomic E-state index is 0.123. The Labute approximate surface area is 100 Å². The Hall–Kier alpha value is -1.94. The van der Waals surface area contributed by atoms with Crippen LogP contribution in [-0.4, -0.2) is 18.8 Å². The maximum absolute atomic E-state index is 9.00. The molecule has 0 aliphatic heterocycles. The number of aliphatic hydroxyl groups excluding tert-OH is 1. The highest BCUT2D eigenvalue weighted by atomic mass is 16.3. The molecule has 0 bridgehead atoms. The average Bonchev–Trinajstić information content (AvgIpc) is 2.85. The normalized spacial score (nSPS) is 10.5. The predicted molar refractivity (Wildman–Crippen MR) is 68.9 cm³/mol. The molecule has 0 fully saturated rings. The molecule has 1 aromatic heterocycles. The van der Waals surface area contributed by atoms with Crippen molar-refractivity contribution in [3.63, 3.8) is 0 Å². The Morgan fingerprint density at radius 1 is 1.41 bits per heavy atom. The van der Waals surface area contributed by atoms with Crippen molar-refractivity contribution in [3.8, 4) is 11.1 Å². The maximum Gasteiger partial charge on any atom is 0.0981 e. The molecule has 2 rings (SSSR count). The van der Waals surface area contributed by atoms with E-state index in [1.807, 2.05) is 25.2 Å². The third-order valence-corrected chi connectivity index (χ3v) is 2.74. The summed E-state index contributed by atoms with van der Waals surface area (Å²) in [5.41, 5.74) is 10.6. The van der Waals surface area contributed by atoms with Gasteiger partial charge < -0.3 is 20.6 Å². The summed E-state index contributed by atoms with van der Waals surface area (Å²) >= 11 is 0. The van der Waals surface area contributed by atoms with Gasteiger partial charge in [-0.15, -0.1) is 0 Å². The van der Waals surface area contributed by atoms with Crippen LogP contribution in [0.1, 0.15) is 5.56 Å². The molecule has 0 amide bonds. The summed E-state index contributed by atoms with van der Waals surface area (Å²) in [5.74, 6) is 0. The summed E-state index contributed by atoms with van der Waals surface area (Å²) in [6.45, 7) is 0.123. The van der Waals surface area contributed by atoms with Gasteiger partial charge in [-0.3, -0.25) is 0 Å². The van der Waals surface area contributed by atoms with Crippen LogP contribution in [0.4, 0.5) is 11.4 Å². The van der Waals surface area contributed by atoms with Crippen molar-refractivity contribution in [1.29, 1.82) is 0 Å². The van der Waals surface area contributed by atoms with Crippen molar-refractivity contribution in [2.24, 2.45) is 0 Å². The van der Waals surface area contributed by atoms with Crippen LogP contribution in [0.15, 0.2) is 35.1 Å². The van der Waals surface area contributed by atoms with E-state index >= 15 is 0 Å². The van der Waals surface area contributed by atoms with Gasteiger partial charge in [-0.25, -0.2) is 0 Å². The van der Waals surface area contributed by atoms with Crippen LogP contribution in [0.25, 0.3) is 11.1 Å². The summed E-state index contributed by atoms with van der Waals surface area (Å²) < 4.78 is 5.07. The van der Waals surface area contributed by atoms with Gasteiger partial charge in [-0.1, -0.05) is 0 Å². The minimum Gasteiger partial charge on any atom is -0.472 e. The van der Waals surface area contributed by atoms with Gasteiger partial charge in [0.1, 0.15) is 0 Å². The summed E-state index contributed by atoms with van der Waals surface area (Å²) in [4.78, 5) is 0. The minimum atomic E-state index is 0.123. The van der Waals surface area contributed by atoms with Gasteiger partial charge in [0.2, 0.25) is 0 Å². The zero-order chi connectivity index (χ0) is 12.3. The number of anilines is 2. The molecule has 0 aliphatic carbocycles. The van der Waals surface area contributed by atoms with Gasteiger partial charge in [-0.2, -0.15) is 0 Å². The summed E-state index contributed by atoms with van der Waals surface area (Å²) in [6, 6.07) is 5.81. The van der Waals surface area contributed by atoms with Crippen LogP contribution in [0.2, 0.25) is 0 Å². The largest absolute Gasteiger partial charge is 0.472 e. The van der Waals surface area contributed by atoms with Gasteiger partial charge in [0.05, 0.1) is 23.9 Å². The average molecular weight is 232 g/mol. The Kier molecular flexibility index (Phi) is 3.35. The second kappa shape index (κ2) is 4.93. The molecule has 0 unspecified atom stereocenters. The van der Waals surface area contributed by atoms with Gasteiger partial charge in [0.15, 0.2) is 0 Å². The molecule has 90 valence electrons. The zero-order valence-corrected chi connectivity index (χ0v) is 9.73. The van der Waals surface area contributed by atoms with Gasteiger partial charge >= 0.3 is 0 Å². The highest BCUT2D eigenvalue weighted by Crippen LogP contribution is 2.33. The molecule has 17 heavy (non-hydrogen) atoms. The van der Waals surface area contributed by atoms with Crippen molar-refractivity contribution >= 4 is 11.4 Å². The predicted octanol–water partition coefficient (Wildman–Crippen LogP) is 2.11. The lowest BCUT2D eigenvalue weighted by Crippen LogP contribution is -2.01. The maximum atomic E-state index is 9.00. The zero-order valence-electron chi connectivity index (χ0n) is 9.73. The first-order chi connectivity index (χ1) is 8.26. The number of aliphatic hydroxyl groups is 1. The van der Waals surface area contributed by atoms with E-state index in [-0.39, 0.29) is 6.61 Å². The molecule has 1 heterocycles. The molecule has 0 spiro atoms. The number of furan rings is 1. The summed E-state index contributed by atoms with van der Waals surface area (Å²) in [6.07, 6.45) is 3.89. The van der Waals surface area contributed by atoms with Gasteiger partial charge in [0.25, 0.3) is 0 Å². The first kappa shape index (κ1) is 11.5. The number of benzene rings is 1. The molecule has 0 saturated heterocycles. The molecule has 2 aromatic rings. The first-order valence-corrected chi connectivity index (χ1v) is 5.50. The van der Waals surface area contributed by atoms with Crippen LogP contribution >= 0.6 is 0 Å². The fraction of sp³-hybridized carbons (Fsp3) is 0.231. The lowest BCUT2D eigenvalue weighted by molar-refractivity contribution is 0.299. The van der Waals surface area contributed by atoms with Crippen LogP contribution in [0, 0.1) is 0 Å². The van der Waals surface area contributed by atoms with Crippen LogP contribution in [0.3, 0.4) is 0 Å². The molecule has 4 heteroatoms. The number of nitrogen functional groups attached to an aromatic ring is 1. The molecular formula is C13H16N2O2. The van der Waals surface area contributed by atoms with E-state index in [0.29, 0.717) is 12.1 Å². The van der Waals surface area contributed by atoms with Crippen LogP contribution in [0.5, 0.6) is 0 Å². The van der Waals surface area contributed by atoms with E-state index in [0.717, 1.165) is 22.4 Å². The summed E-state index contributed by atoms with van der Waals surface area (Å²) in [5, 5.41) is 12.1. The molecule has 0 saturated carbocycles. The molecule has 1 aromatic carbocycles. The van der Waals surface area contributed by atoms with Crippen LogP contribution in [-0.2, 0) is 6.42 Å².